The van der Waals surface area contributed by atoms with Crippen LogP contribution in [0.5, 0.6) is 0 Å². The first-order chi connectivity index (χ1) is 17.4. The fourth-order valence-corrected chi connectivity index (χ4v) is 6.60. The van der Waals surface area contributed by atoms with E-state index >= 15 is 0 Å². The Morgan fingerprint density at radius 2 is 1.05 bits per heavy atom. The number of likely N-dealkylation sites (N-methyl/N-ethyl adjacent to an activating group) is 2. The molecule has 0 fully saturated rings. The largest absolute Gasteiger partial charge is 0.365 e. The van der Waals surface area contributed by atoms with E-state index in [1.54, 1.807) is 0 Å². The van der Waals surface area contributed by atoms with E-state index in [4.69, 9.17) is 0 Å². The van der Waals surface area contributed by atoms with Crippen LogP contribution in [0.4, 0.5) is 11.4 Å². The summed E-state index contributed by atoms with van der Waals surface area (Å²) in [5, 5.41) is 5.18. The van der Waals surface area contributed by atoms with Crippen LogP contribution in [0.1, 0.15) is 52.7 Å². The molecule has 188 valence electrons. The van der Waals surface area contributed by atoms with Crippen LogP contribution in [0.3, 0.4) is 0 Å². The Bertz CT molecular complexity index is 1570. The molecule has 0 bridgehead atoms. The quantitative estimate of drug-likeness (QED) is 0.217. The van der Waals surface area contributed by atoms with Crippen molar-refractivity contribution >= 4 is 60.0 Å². The van der Waals surface area contributed by atoms with Crippen LogP contribution in [-0.2, 0) is 0 Å². The van der Waals surface area contributed by atoms with E-state index in [0.717, 1.165) is 4.47 Å². The Balaban J connectivity index is 1.75. The number of halogens is 1. The Kier molecular flexibility index (Phi) is 5.24. The minimum Gasteiger partial charge on any atom is -0.365 e. The summed E-state index contributed by atoms with van der Waals surface area (Å²) >= 11 is 3.64. The number of fused-ring (bicyclic) bond motifs is 4. The maximum absolute atomic E-state index is 3.64. The van der Waals surface area contributed by atoms with Crippen LogP contribution < -0.4 is 9.80 Å². The number of nitrogens with zero attached hydrogens (tertiary/aromatic N) is 2. The van der Waals surface area contributed by atoms with Crippen molar-refractivity contribution in [3.05, 3.63) is 82.3 Å². The summed E-state index contributed by atoms with van der Waals surface area (Å²) in [6.07, 6.45) is 4.78. The molecule has 2 aliphatic heterocycles. The Morgan fingerprint density at radius 3 is 1.49 bits per heavy atom. The number of allylic oxidation sites excluding steroid dienone is 2. The molecule has 6 rings (SSSR count). The molecule has 2 aliphatic rings. The molecule has 0 unspecified atom stereocenters. The molecular weight excluding hydrogens is 516 g/mol. The van der Waals surface area contributed by atoms with Crippen molar-refractivity contribution in [2.24, 2.45) is 0 Å². The second-order valence-corrected chi connectivity index (χ2v) is 12.9. The van der Waals surface area contributed by atoms with Gasteiger partial charge in [0.2, 0.25) is 0 Å². The van der Waals surface area contributed by atoms with Crippen molar-refractivity contribution in [1.29, 1.82) is 0 Å². The van der Waals surface area contributed by atoms with Crippen LogP contribution >= 0.6 is 15.9 Å². The third-order valence-electron chi connectivity index (χ3n) is 8.76. The van der Waals surface area contributed by atoms with Gasteiger partial charge in [-0.1, -0.05) is 40.2 Å². The van der Waals surface area contributed by atoms with Crippen molar-refractivity contribution in [3.8, 4) is 11.1 Å². The van der Waals surface area contributed by atoms with E-state index in [1.165, 1.54) is 66.3 Å². The summed E-state index contributed by atoms with van der Waals surface area (Å²) in [5.41, 5.74) is 10.4. The molecular formula is C34H35BrN2. The molecule has 0 saturated heterocycles. The third-order valence-corrected chi connectivity index (χ3v) is 9.29. The van der Waals surface area contributed by atoms with Gasteiger partial charge in [0.05, 0.1) is 11.1 Å². The van der Waals surface area contributed by atoms with Gasteiger partial charge < -0.3 is 9.80 Å². The maximum atomic E-state index is 3.64. The summed E-state index contributed by atoms with van der Waals surface area (Å²) < 4.78 is 1.10. The second kappa shape index (κ2) is 7.98. The zero-order valence-corrected chi connectivity index (χ0v) is 24.7. The van der Waals surface area contributed by atoms with Gasteiger partial charge in [-0.05, 0) is 128 Å². The number of benzene rings is 4. The maximum Gasteiger partial charge on any atom is 0.0531 e. The average molecular weight is 552 g/mol. The highest BCUT2D eigenvalue weighted by molar-refractivity contribution is 9.10. The van der Waals surface area contributed by atoms with E-state index < -0.39 is 0 Å². The van der Waals surface area contributed by atoms with Crippen molar-refractivity contribution in [2.45, 2.75) is 52.6 Å². The lowest BCUT2D eigenvalue weighted by molar-refractivity contribution is 0.598. The van der Waals surface area contributed by atoms with E-state index in [2.05, 4.69) is 148 Å². The average Bonchev–Trinajstić information content (AvgIpc) is 2.83. The fourth-order valence-electron chi connectivity index (χ4n) is 6.34. The van der Waals surface area contributed by atoms with E-state index in [-0.39, 0.29) is 11.1 Å². The van der Waals surface area contributed by atoms with Crippen molar-refractivity contribution < 1.29 is 0 Å². The lowest BCUT2D eigenvalue weighted by Crippen LogP contribution is -2.42. The molecule has 0 spiro atoms. The summed E-state index contributed by atoms with van der Waals surface area (Å²) in [6.45, 7) is 13.7. The van der Waals surface area contributed by atoms with Crippen molar-refractivity contribution in [3.63, 3.8) is 0 Å². The summed E-state index contributed by atoms with van der Waals surface area (Å²) in [4.78, 5) is 4.82. The predicted octanol–water partition coefficient (Wildman–Crippen LogP) is 9.69. The highest BCUT2D eigenvalue weighted by Gasteiger charge is 2.31. The molecule has 2 heterocycles. The Morgan fingerprint density at radius 1 is 0.622 bits per heavy atom. The zero-order valence-electron chi connectivity index (χ0n) is 23.1. The highest BCUT2D eigenvalue weighted by atomic mass is 79.9. The molecule has 0 radical (unpaired) electrons. The normalized spacial score (nSPS) is 18.0. The molecule has 0 aliphatic carbocycles. The Hall–Kier alpha value is -3.04. The number of hydrogen-bond donors (Lipinski definition) is 0. The first kappa shape index (κ1) is 24.3. The van der Waals surface area contributed by atoms with Gasteiger partial charge in [0, 0.05) is 41.1 Å². The van der Waals surface area contributed by atoms with Gasteiger partial charge in [-0.15, -0.1) is 0 Å². The lowest BCUT2D eigenvalue weighted by Gasteiger charge is -2.41. The van der Waals surface area contributed by atoms with Gasteiger partial charge in [0.15, 0.2) is 0 Å². The molecule has 0 saturated carbocycles. The standard InChI is InChI=1S/C34H35BrN2/c1-20-18-33(3,4)36(7)30-14-23-13-24-15-31-27(21(2)19-34(5,6)37(31)8)17-29(24)32(28(23)16-26(20)30)22-9-11-25(35)12-10-22/h9-19H,1-8H3. The Labute approximate surface area is 229 Å². The topological polar surface area (TPSA) is 6.48 Å². The first-order valence-corrected chi connectivity index (χ1v) is 13.9. The molecule has 3 heteroatoms. The SMILES string of the molecule is CC1=CC(C)(C)N(C)c2cc3cc4cc5c(cc4c(-c4ccc(Br)cc4)c3cc21)C(C)=CC(C)(C)N5C. The third kappa shape index (κ3) is 3.66. The molecule has 0 aromatic heterocycles. The van der Waals surface area contributed by atoms with Gasteiger partial charge in [0.1, 0.15) is 0 Å². The van der Waals surface area contributed by atoms with Crippen LogP contribution in [0, 0.1) is 0 Å². The van der Waals surface area contributed by atoms with Crippen LogP contribution in [0.2, 0.25) is 0 Å². The van der Waals surface area contributed by atoms with Gasteiger partial charge in [-0.2, -0.15) is 0 Å². The minimum absolute atomic E-state index is 0.0205. The minimum atomic E-state index is -0.0205. The summed E-state index contributed by atoms with van der Waals surface area (Å²) in [7, 11) is 4.43. The molecule has 4 aromatic rings. The van der Waals surface area contributed by atoms with E-state index in [1.807, 2.05) is 0 Å². The lowest BCUT2D eigenvalue weighted by atomic mass is 9.83. The highest BCUT2D eigenvalue weighted by Crippen LogP contribution is 2.47. The van der Waals surface area contributed by atoms with Crippen molar-refractivity contribution in [2.75, 3.05) is 23.9 Å². The van der Waals surface area contributed by atoms with Crippen LogP contribution in [0.15, 0.2) is 71.2 Å². The predicted molar refractivity (Wildman–Crippen MR) is 167 cm³/mol. The summed E-state index contributed by atoms with van der Waals surface area (Å²) in [5.74, 6) is 0. The van der Waals surface area contributed by atoms with Gasteiger partial charge >= 0.3 is 0 Å². The summed E-state index contributed by atoms with van der Waals surface area (Å²) in [6, 6.07) is 20.9. The zero-order chi connectivity index (χ0) is 26.4. The van der Waals surface area contributed by atoms with Gasteiger partial charge in [-0.3, -0.25) is 0 Å². The molecule has 0 amide bonds. The first-order valence-electron chi connectivity index (χ1n) is 13.1. The van der Waals surface area contributed by atoms with Gasteiger partial charge in [0.25, 0.3) is 0 Å². The van der Waals surface area contributed by atoms with Crippen LogP contribution in [-0.4, -0.2) is 25.2 Å². The molecule has 37 heavy (non-hydrogen) atoms. The number of rotatable bonds is 1. The molecule has 4 aromatic carbocycles. The van der Waals surface area contributed by atoms with Crippen molar-refractivity contribution in [1.82, 2.24) is 0 Å². The van der Waals surface area contributed by atoms with Gasteiger partial charge in [-0.25, -0.2) is 0 Å². The number of hydrogen-bond acceptors (Lipinski definition) is 2. The second-order valence-electron chi connectivity index (χ2n) is 12.0. The smallest absolute Gasteiger partial charge is 0.0531 e. The molecule has 2 nitrogen and oxygen atoms in total. The fraction of sp³-hybridized carbons (Fsp3) is 0.294. The van der Waals surface area contributed by atoms with E-state index in [0.29, 0.717) is 0 Å². The number of anilines is 2. The molecule has 0 N–H and O–H groups in total. The monoisotopic (exact) mass is 550 g/mol. The molecule has 0 atom stereocenters. The van der Waals surface area contributed by atoms with E-state index in [9.17, 15) is 0 Å². The van der Waals surface area contributed by atoms with Crippen LogP contribution in [0.25, 0.3) is 43.8 Å².